The lowest BCUT2D eigenvalue weighted by Crippen LogP contribution is -2.44. The quantitative estimate of drug-likeness (QED) is 0.886. The van der Waals surface area contributed by atoms with Gasteiger partial charge in [-0.25, -0.2) is 0 Å². The Balaban J connectivity index is 2.41. The van der Waals surface area contributed by atoms with Gasteiger partial charge in [-0.15, -0.1) is 0 Å². The fourth-order valence-electron chi connectivity index (χ4n) is 2.61. The average Bonchev–Trinajstić information content (AvgIpc) is 2.37. The van der Waals surface area contributed by atoms with Crippen molar-refractivity contribution in [2.45, 2.75) is 32.2 Å². The molecule has 3 heteroatoms. The maximum atomic E-state index is 5.56. The molecule has 1 atom stereocenters. The van der Waals surface area contributed by atoms with Gasteiger partial charge in [0, 0.05) is 25.2 Å². The van der Waals surface area contributed by atoms with Gasteiger partial charge in [0.2, 0.25) is 0 Å². The first-order chi connectivity index (χ1) is 8.93. The van der Waals surface area contributed by atoms with Crippen LogP contribution in [-0.2, 0) is 5.41 Å². The van der Waals surface area contributed by atoms with Crippen molar-refractivity contribution in [1.82, 2.24) is 10.2 Å². The van der Waals surface area contributed by atoms with Crippen molar-refractivity contribution in [3.63, 3.8) is 0 Å². The van der Waals surface area contributed by atoms with E-state index in [4.69, 9.17) is 4.74 Å². The van der Waals surface area contributed by atoms with E-state index in [1.807, 2.05) is 0 Å². The first kappa shape index (κ1) is 14.4. The third-order valence-electron chi connectivity index (χ3n) is 3.97. The molecule has 0 saturated carbocycles. The molecular formula is C16H26N2O. The summed E-state index contributed by atoms with van der Waals surface area (Å²) < 4.78 is 5.56. The van der Waals surface area contributed by atoms with Crippen molar-refractivity contribution in [3.8, 4) is 5.75 Å². The number of nitrogens with zero attached hydrogens (tertiary/aromatic N) is 1. The van der Waals surface area contributed by atoms with E-state index in [0.29, 0.717) is 6.04 Å². The molecule has 1 aliphatic rings. The Labute approximate surface area is 116 Å². The maximum absolute atomic E-state index is 5.56. The molecule has 2 rings (SSSR count). The monoisotopic (exact) mass is 262 g/mol. The number of methoxy groups -OCH3 is 1. The molecule has 1 aliphatic heterocycles. The molecule has 0 amide bonds. The minimum absolute atomic E-state index is 0.168. The Morgan fingerprint density at radius 2 is 2.05 bits per heavy atom. The smallest absolute Gasteiger partial charge is 0.123 e. The van der Waals surface area contributed by atoms with E-state index in [0.717, 1.165) is 25.4 Å². The van der Waals surface area contributed by atoms with Crippen molar-refractivity contribution in [2.24, 2.45) is 0 Å². The average molecular weight is 262 g/mol. The Kier molecular flexibility index (Phi) is 4.16. The van der Waals surface area contributed by atoms with Crippen molar-refractivity contribution < 1.29 is 4.74 Å². The van der Waals surface area contributed by atoms with Gasteiger partial charge in [0.1, 0.15) is 5.75 Å². The molecule has 106 valence electrons. The second kappa shape index (κ2) is 5.51. The van der Waals surface area contributed by atoms with Gasteiger partial charge >= 0.3 is 0 Å². The number of rotatable bonds is 2. The van der Waals surface area contributed by atoms with Crippen LogP contribution in [0.2, 0.25) is 0 Å². The molecular weight excluding hydrogens is 236 g/mol. The predicted molar refractivity (Wildman–Crippen MR) is 79.9 cm³/mol. The highest BCUT2D eigenvalue weighted by Gasteiger charge is 2.25. The Morgan fingerprint density at radius 3 is 2.63 bits per heavy atom. The van der Waals surface area contributed by atoms with Crippen molar-refractivity contribution in [1.29, 1.82) is 0 Å². The number of ether oxygens (including phenoxy) is 1. The highest BCUT2D eigenvalue weighted by molar-refractivity contribution is 5.42. The summed E-state index contributed by atoms with van der Waals surface area (Å²) in [5, 5.41) is 3.48. The van der Waals surface area contributed by atoms with Crippen LogP contribution in [0.1, 0.15) is 37.9 Å². The van der Waals surface area contributed by atoms with E-state index in [1.165, 1.54) is 11.1 Å². The predicted octanol–water partition coefficient (Wildman–Crippen LogP) is 2.57. The van der Waals surface area contributed by atoms with Gasteiger partial charge in [0.25, 0.3) is 0 Å². The number of piperazine rings is 1. The second-order valence-corrected chi connectivity index (χ2v) is 6.41. The van der Waals surface area contributed by atoms with E-state index in [-0.39, 0.29) is 5.41 Å². The molecule has 3 nitrogen and oxygen atoms in total. The molecule has 1 saturated heterocycles. The molecule has 19 heavy (non-hydrogen) atoms. The first-order valence-electron chi connectivity index (χ1n) is 7.03. The first-order valence-corrected chi connectivity index (χ1v) is 7.03. The van der Waals surface area contributed by atoms with Gasteiger partial charge in [-0.3, -0.25) is 4.90 Å². The van der Waals surface area contributed by atoms with Gasteiger partial charge in [-0.1, -0.05) is 26.8 Å². The Bertz CT molecular complexity index is 437. The van der Waals surface area contributed by atoms with Crippen LogP contribution in [-0.4, -0.2) is 38.7 Å². The molecule has 0 spiro atoms. The largest absolute Gasteiger partial charge is 0.496 e. The third kappa shape index (κ3) is 3.10. The molecule has 0 aromatic heterocycles. The van der Waals surface area contributed by atoms with Crippen LogP contribution in [0.5, 0.6) is 5.75 Å². The summed E-state index contributed by atoms with van der Waals surface area (Å²) in [4.78, 5) is 2.40. The zero-order valence-corrected chi connectivity index (χ0v) is 12.8. The van der Waals surface area contributed by atoms with Gasteiger partial charge in [0.15, 0.2) is 0 Å². The molecule has 1 unspecified atom stereocenters. The van der Waals surface area contributed by atoms with Crippen LogP contribution in [0.3, 0.4) is 0 Å². The Hall–Kier alpha value is -1.06. The SMILES string of the molecule is COc1ccc(C(C)(C)C)cc1C1CNCCN1C. The van der Waals surface area contributed by atoms with E-state index in [2.05, 4.69) is 56.2 Å². The number of hydrogen-bond donors (Lipinski definition) is 1. The number of likely N-dealkylation sites (N-methyl/N-ethyl adjacent to an activating group) is 1. The molecule has 0 aliphatic carbocycles. The summed E-state index contributed by atoms with van der Waals surface area (Å²) in [6.07, 6.45) is 0. The van der Waals surface area contributed by atoms with Crippen molar-refractivity contribution >= 4 is 0 Å². The van der Waals surface area contributed by atoms with Gasteiger partial charge in [0.05, 0.1) is 13.2 Å². The normalized spacial score (nSPS) is 21.4. The fraction of sp³-hybridized carbons (Fsp3) is 0.625. The Morgan fingerprint density at radius 1 is 1.32 bits per heavy atom. The van der Waals surface area contributed by atoms with Gasteiger partial charge in [-0.2, -0.15) is 0 Å². The molecule has 0 radical (unpaired) electrons. The van der Waals surface area contributed by atoms with E-state index >= 15 is 0 Å². The van der Waals surface area contributed by atoms with E-state index < -0.39 is 0 Å². The summed E-state index contributed by atoms with van der Waals surface area (Å²) in [5.74, 6) is 0.994. The minimum atomic E-state index is 0.168. The number of nitrogens with one attached hydrogen (secondary N) is 1. The lowest BCUT2D eigenvalue weighted by atomic mass is 9.85. The highest BCUT2D eigenvalue weighted by Crippen LogP contribution is 2.33. The molecule has 1 aromatic rings. The summed E-state index contributed by atoms with van der Waals surface area (Å²) >= 11 is 0. The topological polar surface area (TPSA) is 24.5 Å². The van der Waals surface area contributed by atoms with Crippen LogP contribution in [0.25, 0.3) is 0 Å². The van der Waals surface area contributed by atoms with Crippen LogP contribution in [0.4, 0.5) is 0 Å². The highest BCUT2D eigenvalue weighted by atomic mass is 16.5. The summed E-state index contributed by atoms with van der Waals surface area (Å²) in [6.45, 7) is 9.88. The van der Waals surface area contributed by atoms with Crippen LogP contribution < -0.4 is 10.1 Å². The number of hydrogen-bond acceptors (Lipinski definition) is 3. The molecule has 1 N–H and O–H groups in total. The van der Waals surface area contributed by atoms with Crippen LogP contribution >= 0.6 is 0 Å². The number of benzene rings is 1. The lowest BCUT2D eigenvalue weighted by Gasteiger charge is -2.35. The minimum Gasteiger partial charge on any atom is -0.496 e. The van der Waals surface area contributed by atoms with Gasteiger partial charge in [-0.05, 0) is 30.2 Å². The van der Waals surface area contributed by atoms with Crippen molar-refractivity contribution in [3.05, 3.63) is 29.3 Å². The van der Waals surface area contributed by atoms with Gasteiger partial charge < -0.3 is 10.1 Å². The van der Waals surface area contributed by atoms with E-state index in [9.17, 15) is 0 Å². The standard InChI is InChI=1S/C16H26N2O/c1-16(2,3)12-6-7-15(19-5)13(10-12)14-11-17-8-9-18(14)4/h6-7,10,14,17H,8-9,11H2,1-5H3. The molecule has 1 fully saturated rings. The molecule has 0 bridgehead atoms. The van der Waals surface area contributed by atoms with Crippen LogP contribution in [0.15, 0.2) is 18.2 Å². The van der Waals surface area contributed by atoms with E-state index in [1.54, 1.807) is 7.11 Å². The summed E-state index contributed by atoms with van der Waals surface area (Å²) in [6, 6.07) is 7.00. The zero-order chi connectivity index (χ0) is 14.0. The second-order valence-electron chi connectivity index (χ2n) is 6.41. The molecule has 1 heterocycles. The summed E-state index contributed by atoms with van der Waals surface area (Å²) in [7, 11) is 3.94. The fourth-order valence-corrected chi connectivity index (χ4v) is 2.61. The summed E-state index contributed by atoms with van der Waals surface area (Å²) in [5.41, 5.74) is 2.83. The van der Waals surface area contributed by atoms with Crippen LogP contribution in [0, 0.1) is 0 Å². The lowest BCUT2D eigenvalue weighted by molar-refractivity contribution is 0.198. The maximum Gasteiger partial charge on any atom is 0.123 e. The zero-order valence-electron chi connectivity index (χ0n) is 12.8. The van der Waals surface area contributed by atoms with Crippen molar-refractivity contribution in [2.75, 3.05) is 33.8 Å². The molecule has 1 aromatic carbocycles. The third-order valence-corrected chi connectivity index (χ3v) is 3.97.